The summed E-state index contributed by atoms with van der Waals surface area (Å²) in [6.07, 6.45) is 6.52. The highest BCUT2D eigenvalue weighted by Crippen LogP contribution is 2.17. The normalized spacial score (nSPS) is 20.9. The minimum atomic E-state index is 0.902. The first kappa shape index (κ1) is 11.7. The molecule has 1 aromatic rings. The Kier molecular flexibility index (Phi) is 4.41. The molecule has 1 aliphatic heterocycles. The highest BCUT2D eigenvalue weighted by molar-refractivity contribution is 5.22. The van der Waals surface area contributed by atoms with E-state index in [1.165, 1.54) is 49.9 Å². The number of nitrogens with one attached hydrogen (secondary N) is 1. The molecular weight excluding hydrogens is 194 g/mol. The van der Waals surface area contributed by atoms with Gasteiger partial charge in [0.1, 0.15) is 0 Å². The van der Waals surface area contributed by atoms with Crippen molar-refractivity contribution in [2.75, 3.05) is 13.1 Å². The van der Waals surface area contributed by atoms with E-state index in [0.717, 1.165) is 12.3 Å². The van der Waals surface area contributed by atoms with Gasteiger partial charge in [-0.2, -0.15) is 0 Å². The third-order valence-corrected chi connectivity index (χ3v) is 3.67. The molecule has 0 saturated carbocycles. The first-order valence-corrected chi connectivity index (χ1v) is 6.67. The van der Waals surface area contributed by atoms with Crippen LogP contribution in [0.25, 0.3) is 0 Å². The summed E-state index contributed by atoms with van der Waals surface area (Å²) < 4.78 is 0. The minimum absolute atomic E-state index is 0.902. The Morgan fingerprint density at radius 1 is 1.19 bits per heavy atom. The summed E-state index contributed by atoms with van der Waals surface area (Å²) in [5.41, 5.74) is 2.95. The van der Waals surface area contributed by atoms with Crippen molar-refractivity contribution in [3.05, 3.63) is 35.4 Å². The quantitative estimate of drug-likeness (QED) is 0.817. The van der Waals surface area contributed by atoms with Crippen LogP contribution in [0.2, 0.25) is 0 Å². The van der Waals surface area contributed by atoms with Crippen LogP contribution >= 0.6 is 0 Å². The molecule has 16 heavy (non-hydrogen) atoms. The molecule has 2 rings (SSSR count). The maximum absolute atomic E-state index is 3.49. The van der Waals surface area contributed by atoms with Crippen LogP contribution in [0.1, 0.15) is 37.3 Å². The summed E-state index contributed by atoms with van der Waals surface area (Å²) in [5.74, 6) is 0.902. The lowest BCUT2D eigenvalue weighted by molar-refractivity contribution is 0.358. The van der Waals surface area contributed by atoms with Gasteiger partial charge in [0.15, 0.2) is 0 Å². The van der Waals surface area contributed by atoms with Crippen LogP contribution in [0.4, 0.5) is 0 Å². The number of piperidine rings is 1. The van der Waals surface area contributed by atoms with E-state index in [1.54, 1.807) is 0 Å². The van der Waals surface area contributed by atoms with Crippen LogP contribution in [-0.4, -0.2) is 13.1 Å². The van der Waals surface area contributed by atoms with Crippen molar-refractivity contribution in [2.45, 2.75) is 39.0 Å². The molecule has 0 spiro atoms. The molecule has 1 unspecified atom stereocenters. The van der Waals surface area contributed by atoms with E-state index in [-0.39, 0.29) is 0 Å². The monoisotopic (exact) mass is 217 g/mol. The molecule has 1 atom stereocenters. The molecule has 0 aliphatic carbocycles. The van der Waals surface area contributed by atoms with Crippen molar-refractivity contribution < 1.29 is 0 Å². The van der Waals surface area contributed by atoms with Crippen LogP contribution in [0, 0.1) is 5.92 Å². The van der Waals surface area contributed by atoms with E-state index in [9.17, 15) is 0 Å². The van der Waals surface area contributed by atoms with Gasteiger partial charge in [-0.3, -0.25) is 0 Å². The van der Waals surface area contributed by atoms with Gasteiger partial charge >= 0.3 is 0 Å². The first-order chi connectivity index (χ1) is 7.88. The van der Waals surface area contributed by atoms with Crippen LogP contribution in [0.5, 0.6) is 0 Å². The van der Waals surface area contributed by atoms with Crippen LogP contribution in [0.15, 0.2) is 24.3 Å². The smallest absolute Gasteiger partial charge is 0.00204 e. The lowest BCUT2D eigenvalue weighted by Crippen LogP contribution is -2.29. The van der Waals surface area contributed by atoms with Gasteiger partial charge in [-0.1, -0.05) is 31.2 Å². The van der Waals surface area contributed by atoms with Gasteiger partial charge in [0.2, 0.25) is 0 Å². The predicted molar refractivity (Wildman–Crippen MR) is 69.7 cm³/mol. The Morgan fingerprint density at radius 2 is 1.94 bits per heavy atom. The fourth-order valence-electron chi connectivity index (χ4n) is 2.48. The summed E-state index contributed by atoms with van der Waals surface area (Å²) in [6.45, 7) is 4.66. The van der Waals surface area contributed by atoms with Gasteiger partial charge in [-0.05, 0) is 62.2 Å². The lowest BCUT2D eigenvalue weighted by atomic mass is 9.92. The Labute approximate surface area is 99.3 Å². The van der Waals surface area contributed by atoms with Gasteiger partial charge in [0.05, 0.1) is 0 Å². The summed E-state index contributed by atoms with van der Waals surface area (Å²) in [7, 11) is 0. The second kappa shape index (κ2) is 6.05. The zero-order valence-electron chi connectivity index (χ0n) is 10.3. The van der Waals surface area contributed by atoms with Crippen molar-refractivity contribution in [1.29, 1.82) is 0 Å². The Balaban J connectivity index is 1.79. The molecule has 1 heteroatoms. The van der Waals surface area contributed by atoms with Crippen molar-refractivity contribution in [1.82, 2.24) is 5.32 Å². The summed E-state index contributed by atoms with van der Waals surface area (Å²) in [6, 6.07) is 9.15. The second-order valence-electron chi connectivity index (χ2n) is 4.92. The van der Waals surface area contributed by atoms with Crippen molar-refractivity contribution in [2.24, 2.45) is 5.92 Å². The number of hydrogen-bond donors (Lipinski definition) is 1. The molecular formula is C15H23N. The van der Waals surface area contributed by atoms with E-state index in [4.69, 9.17) is 0 Å². The molecule has 0 radical (unpaired) electrons. The number of hydrogen-bond acceptors (Lipinski definition) is 1. The molecule has 1 aromatic carbocycles. The van der Waals surface area contributed by atoms with E-state index >= 15 is 0 Å². The third-order valence-electron chi connectivity index (χ3n) is 3.67. The van der Waals surface area contributed by atoms with Crippen LogP contribution in [0.3, 0.4) is 0 Å². The number of aryl methyl sites for hydroxylation is 2. The van der Waals surface area contributed by atoms with E-state index in [1.807, 2.05) is 0 Å². The average molecular weight is 217 g/mol. The molecule has 1 nitrogen and oxygen atoms in total. The van der Waals surface area contributed by atoms with Crippen molar-refractivity contribution >= 4 is 0 Å². The molecule has 1 fully saturated rings. The third kappa shape index (κ3) is 3.34. The predicted octanol–water partition coefficient (Wildman–Crippen LogP) is 3.18. The molecule has 1 aliphatic rings. The van der Waals surface area contributed by atoms with Crippen molar-refractivity contribution in [3.63, 3.8) is 0 Å². The molecule has 0 amide bonds. The second-order valence-corrected chi connectivity index (χ2v) is 4.92. The Bertz CT molecular complexity index is 296. The van der Waals surface area contributed by atoms with Gasteiger partial charge in [-0.15, -0.1) is 0 Å². The fourth-order valence-corrected chi connectivity index (χ4v) is 2.48. The van der Waals surface area contributed by atoms with Gasteiger partial charge < -0.3 is 5.32 Å². The molecule has 0 bridgehead atoms. The molecule has 1 N–H and O–H groups in total. The minimum Gasteiger partial charge on any atom is -0.316 e. The van der Waals surface area contributed by atoms with Crippen molar-refractivity contribution in [3.8, 4) is 0 Å². The standard InChI is InChI=1S/C15H23N/c1-2-13-5-7-14(8-6-13)9-10-15-4-3-11-16-12-15/h5-8,15-16H,2-4,9-12H2,1H3. The topological polar surface area (TPSA) is 12.0 Å². The van der Waals surface area contributed by atoms with E-state index in [2.05, 4.69) is 36.5 Å². The number of benzene rings is 1. The highest BCUT2D eigenvalue weighted by atomic mass is 14.9. The molecule has 0 aromatic heterocycles. The molecule has 1 saturated heterocycles. The number of rotatable bonds is 4. The average Bonchev–Trinajstić information content (AvgIpc) is 2.38. The maximum Gasteiger partial charge on any atom is -0.00204 e. The zero-order chi connectivity index (χ0) is 11.2. The summed E-state index contributed by atoms with van der Waals surface area (Å²) in [4.78, 5) is 0. The van der Waals surface area contributed by atoms with Gasteiger partial charge in [0, 0.05) is 0 Å². The SMILES string of the molecule is CCc1ccc(CCC2CCCNC2)cc1. The van der Waals surface area contributed by atoms with Crippen LogP contribution < -0.4 is 5.32 Å². The summed E-state index contributed by atoms with van der Waals surface area (Å²) in [5, 5.41) is 3.49. The maximum atomic E-state index is 3.49. The highest BCUT2D eigenvalue weighted by Gasteiger charge is 2.12. The van der Waals surface area contributed by atoms with E-state index in [0.29, 0.717) is 0 Å². The van der Waals surface area contributed by atoms with Gasteiger partial charge in [-0.25, -0.2) is 0 Å². The summed E-state index contributed by atoms with van der Waals surface area (Å²) >= 11 is 0. The fraction of sp³-hybridized carbons (Fsp3) is 0.600. The van der Waals surface area contributed by atoms with Gasteiger partial charge in [0.25, 0.3) is 0 Å². The van der Waals surface area contributed by atoms with Crippen LogP contribution in [-0.2, 0) is 12.8 Å². The largest absolute Gasteiger partial charge is 0.316 e. The molecule has 1 heterocycles. The van der Waals surface area contributed by atoms with E-state index < -0.39 is 0 Å². The first-order valence-electron chi connectivity index (χ1n) is 6.67. The lowest BCUT2D eigenvalue weighted by Gasteiger charge is -2.22. The molecule has 88 valence electrons. The Morgan fingerprint density at radius 3 is 2.56 bits per heavy atom. The zero-order valence-corrected chi connectivity index (χ0v) is 10.3. The Hall–Kier alpha value is -0.820.